The lowest BCUT2D eigenvalue weighted by Gasteiger charge is -2.13. The Morgan fingerprint density at radius 1 is 0.783 bits per heavy atom. The van der Waals surface area contributed by atoms with Crippen LogP contribution in [0.25, 0.3) is 0 Å². The molecule has 122 valence electrons. The van der Waals surface area contributed by atoms with Crippen LogP contribution in [0.5, 0.6) is 0 Å². The van der Waals surface area contributed by atoms with Crippen molar-refractivity contribution in [2.45, 2.75) is 18.8 Å². The molecule has 2 aromatic rings. The Labute approximate surface area is 127 Å². The van der Waals surface area contributed by atoms with Gasteiger partial charge in [0, 0.05) is 12.0 Å². The van der Waals surface area contributed by atoms with E-state index in [9.17, 15) is 31.1 Å². The molecule has 0 unspecified atom stereocenters. The first-order valence-corrected chi connectivity index (χ1v) is 6.44. The van der Waals surface area contributed by atoms with Gasteiger partial charge in [-0.3, -0.25) is 4.79 Å². The lowest BCUT2D eigenvalue weighted by Crippen LogP contribution is -2.14. The van der Waals surface area contributed by atoms with Crippen LogP contribution >= 0.6 is 0 Å². The summed E-state index contributed by atoms with van der Waals surface area (Å²) < 4.78 is 76.5. The van der Waals surface area contributed by atoms with E-state index in [-0.39, 0.29) is 12.5 Å². The molecule has 7 heteroatoms. The van der Waals surface area contributed by atoms with Crippen LogP contribution in [0.2, 0.25) is 0 Å². The Morgan fingerprint density at radius 2 is 1.26 bits per heavy atom. The maximum Gasteiger partial charge on any atom is 0.416 e. The molecule has 2 aromatic carbocycles. The number of rotatable bonds is 3. The molecular formula is C16H10F6O. The second kappa shape index (κ2) is 6.06. The summed E-state index contributed by atoms with van der Waals surface area (Å²) in [6.45, 7) is 0. The summed E-state index contributed by atoms with van der Waals surface area (Å²) in [5.41, 5.74) is -3.10. The average Bonchev–Trinajstić information content (AvgIpc) is 2.46. The molecule has 0 heterocycles. The highest BCUT2D eigenvalue weighted by Crippen LogP contribution is 2.36. The molecule has 1 nitrogen and oxygen atoms in total. The topological polar surface area (TPSA) is 17.1 Å². The smallest absolute Gasteiger partial charge is 0.294 e. The Balaban J connectivity index is 2.43. The summed E-state index contributed by atoms with van der Waals surface area (Å²) in [7, 11) is 0. The van der Waals surface area contributed by atoms with Gasteiger partial charge in [-0.25, -0.2) is 0 Å². The Morgan fingerprint density at radius 3 is 1.70 bits per heavy atom. The fourth-order valence-electron chi connectivity index (χ4n) is 2.00. The number of Topliss-reactive ketones (excluding diaryl/α,β-unsaturated/α-hetero) is 1. The minimum atomic E-state index is -4.97. The number of carbonyl (C=O) groups is 1. The van der Waals surface area contributed by atoms with Gasteiger partial charge in [-0.05, 0) is 23.8 Å². The van der Waals surface area contributed by atoms with E-state index in [1.807, 2.05) is 0 Å². The van der Waals surface area contributed by atoms with Gasteiger partial charge in [-0.2, -0.15) is 26.3 Å². The summed E-state index contributed by atoms with van der Waals surface area (Å²) in [5.74, 6) is -0.812. The summed E-state index contributed by atoms with van der Waals surface area (Å²) in [6, 6.07) is 8.94. The van der Waals surface area contributed by atoms with Crippen molar-refractivity contribution in [3.63, 3.8) is 0 Å². The van der Waals surface area contributed by atoms with Crippen LogP contribution in [0.4, 0.5) is 26.3 Å². The number of carbonyl (C=O) groups excluding carboxylic acids is 1. The Hall–Kier alpha value is -2.31. The van der Waals surface area contributed by atoms with E-state index < -0.39 is 34.8 Å². The molecule has 0 aliphatic heterocycles. The van der Waals surface area contributed by atoms with E-state index in [4.69, 9.17) is 0 Å². The van der Waals surface area contributed by atoms with Gasteiger partial charge in [-0.1, -0.05) is 30.3 Å². The quantitative estimate of drug-likeness (QED) is 0.561. The van der Waals surface area contributed by atoms with E-state index in [0.29, 0.717) is 17.7 Å². The Kier molecular flexibility index (Phi) is 4.49. The van der Waals surface area contributed by atoms with Gasteiger partial charge in [-0.15, -0.1) is 0 Å². The van der Waals surface area contributed by atoms with Crippen molar-refractivity contribution >= 4 is 5.78 Å². The van der Waals surface area contributed by atoms with Crippen molar-refractivity contribution in [2.75, 3.05) is 0 Å². The van der Waals surface area contributed by atoms with E-state index in [2.05, 4.69) is 0 Å². The lowest BCUT2D eigenvalue weighted by molar-refractivity contribution is -0.143. The van der Waals surface area contributed by atoms with Crippen LogP contribution in [0.3, 0.4) is 0 Å². The minimum absolute atomic E-state index is 0.000697. The SMILES string of the molecule is O=C(Cc1ccccc1)c1cc(C(F)(F)F)cc(C(F)(F)F)c1. The van der Waals surface area contributed by atoms with Crippen LogP contribution in [0.1, 0.15) is 27.0 Å². The predicted molar refractivity (Wildman–Crippen MR) is 70.9 cm³/mol. The number of hydrogen-bond donors (Lipinski definition) is 0. The number of benzene rings is 2. The Bertz CT molecular complexity index is 668. The molecule has 23 heavy (non-hydrogen) atoms. The molecule has 0 saturated carbocycles. The van der Waals surface area contributed by atoms with Crippen LogP contribution in [-0.4, -0.2) is 5.78 Å². The number of ketones is 1. The maximum absolute atomic E-state index is 12.7. The fraction of sp³-hybridized carbons (Fsp3) is 0.188. The molecule has 0 aromatic heterocycles. The molecule has 0 bridgehead atoms. The molecule has 0 saturated heterocycles. The van der Waals surface area contributed by atoms with Crippen molar-refractivity contribution in [3.8, 4) is 0 Å². The lowest BCUT2D eigenvalue weighted by atomic mass is 9.98. The highest BCUT2D eigenvalue weighted by Gasteiger charge is 2.37. The molecule has 0 spiro atoms. The second-order valence-corrected chi connectivity index (χ2v) is 4.88. The van der Waals surface area contributed by atoms with E-state index in [0.717, 1.165) is 0 Å². The van der Waals surface area contributed by atoms with Crippen LogP contribution in [0, 0.1) is 0 Å². The predicted octanol–water partition coefficient (Wildman–Crippen LogP) is 5.15. The first kappa shape index (κ1) is 17.1. The molecule has 0 fully saturated rings. The molecule has 0 aliphatic carbocycles. The van der Waals surface area contributed by atoms with Gasteiger partial charge in [0.2, 0.25) is 0 Å². The van der Waals surface area contributed by atoms with E-state index >= 15 is 0 Å². The maximum atomic E-state index is 12.7. The first-order chi connectivity index (χ1) is 10.6. The van der Waals surface area contributed by atoms with E-state index in [1.165, 1.54) is 0 Å². The zero-order valence-corrected chi connectivity index (χ0v) is 11.5. The summed E-state index contributed by atoms with van der Waals surface area (Å²) >= 11 is 0. The van der Waals surface area contributed by atoms with Crippen molar-refractivity contribution < 1.29 is 31.1 Å². The summed E-state index contributed by atoms with van der Waals surface area (Å²) in [4.78, 5) is 12.0. The van der Waals surface area contributed by atoms with Gasteiger partial charge in [0.15, 0.2) is 5.78 Å². The van der Waals surface area contributed by atoms with Crippen molar-refractivity contribution in [2.24, 2.45) is 0 Å². The molecule has 0 N–H and O–H groups in total. The average molecular weight is 332 g/mol. The first-order valence-electron chi connectivity index (χ1n) is 6.44. The third-order valence-corrected chi connectivity index (χ3v) is 3.12. The summed E-state index contributed by atoms with van der Waals surface area (Å²) in [6.07, 6.45) is -10.2. The number of hydrogen-bond acceptors (Lipinski definition) is 1. The van der Waals surface area contributed by atoms with Crippen LogP contribution < -0.4 is 0 Å². The van der Waals surface area contributed by atoms with Gasteiger partial charge in [0.25, 0.3) is 0 Å². The van der Waals surface area contributed by atoms with Gasteiger partial charge < -0.3 is 0 Å². The molecule has 0 atom stereocenters. The summed E-state index contributed by atoms with van der Waals surface area (Å²) in [5, 5.41) is 0. The zero-order chi connectivity index (χ0) is 17.3. The van der Waals surface area contributed by atoms with E-state index in [1.54, 1.807) is 30.3 Å². The number of halogens is 6. The normalized spacial score (nSPS) is 12.3. The number of alkyl halides is 6. The van der Waals surface area contributed by atoms with Crippen molar-refractivity contribution in [1.82, 2.24) is 0 Å². The molecule has 2 rings (SSSR count). The van der Waals surface area contributed by atoms with Crippen molar-refractivity contribution in [1.29, 1.82) is 0 Å². The second-order valence-electron chi connectivity index (χ2n) is 4.88. The standard InChI is InChI=1S/C16H10F6O/c17-15(18,19)12-7-11(8-13(9-12)16(20,21)22)14(23)6-10-4-2-1-3-5-10/h1-5,7-9H,6H2. The van der Waals surface area contributed by atoms with Gasteiger partial charge in [0.05, 0.1) is 11.1 Å². The highest BCUT2D eigenvalue weighted by molar-refractivity contribution is 5.97. The third-order valence-electron chi connectivity index (χ3n) is 3.12. The molecule has 0 radical (unpaired) electrons. The molecule has 0 amide bonds. The van der Waals surface area contributed by atoms with Crippen molar-refractivity contribution in [3.05, 3.63) is 70.8 Å². The van der Waals surface area contributed by atoms with Crippen LogP contribution in [0.15, 0.2) is 48.5 Å². The molecular weight excluding hydrogens is 322 g/mol. The monoisotopic (exact) mass is 332 g/mol. The van der Waals surface area contributed by atoms with Gasteiger partial charge in [0.1, 0.15) is 0 Å². The minimum Gasteiger partial charge on any atom is -0.294 e. The zero-order valence-electron chi connectivity index (χ0n) is 11.5. The largest absolute Gasteiger partial charge is 0.416 e. The van der Waals surface area contributed by atoms with Gasteiger partial charge >= 0.3 is 12.4 Å². The highest BCUT2D eigenvalue weighted by atomic mass is 19.4. The third kappa shape index (κ3) is 4.34. The molecule has 0 aliphatic rings. The van der Waals surface area contributed by atoms with Crippen LogP contribution in [-0.2, 0) is 18.8 Å². The fourth-order valence-corrected chi connectivity index (χ4v) is 2.00.